The van der Waals surface area contributed by atoms with E-state index in [1.54, 1.807) is 18.2 Å². The van der Waals surface area contributed by atoms with Crippen molar-refractivity contribution in [2.24, 2.45) is 0 Å². The molecule has 1 unspecified atom stereocenters. The van der Waals surface area contributed by atoms with Gasteiger partial charge in [0.25, 0.3) is 11.6 Å². The van der Waals surface area contributed by atoms with E-state index in [9.17, 15) is 14.9 Å². The number of non-ortho nitro benzene ring substituents is 1. The summed E-state index contributed by atoms with van der Waals surface area (Å²) in [5.74, 6) is 0.269. The molecule has 0 aromatic heterocycles. The number of rotatable bonds is 6. The molecule has 1 amide bonds. The van der Waals surface area contributed by atoms with E-state index in [0.717, 1.165) is 5.56 Å². The number of hydrogen-bond acceptors (Lipinski definition) is 4. The molecule has 0 spiro atoms. The summed E-state index contributed by atoms with van der Waals surface area (Å²) in [6.45, 7) is 3.81. The molecule has 0 heterocycles. The molecular formula is C17H18N2O4. The molecule has 0 radical (unpaired) electrons. The van der Waals surface area contributed by atoms with E-state index >= 15 is 0 Å². The number of hydrogen-bond donors (Lipinski definition) is 1. The monoisotopic (exact) mass is 314 g/mol. The maximum Gasteiger partial charge on any atom is 0.271 e. The van der Waals surface area contributed by atoms with E-state index in [4.69, 9.17) is 4.74 Å². The van der Waals surface area contributed by atoms with E-state index < -0.39 is 11.0 Å². The number of aryl methyl sites for hydroxylation is 1. The summed E-state index contributed by atoms with van der Waals surface area (Å²) in [5, 5.41) is 13.4. The molecule has 1 N–H and O–H groups in total. The van der Waals surface area contributed by atoms with Gasteiger partial charge in [-0.05, 0) is 31.5 Å². The van der Waals surface area contributed by atoms with Gasteiger partial charge in [0.2, 0.25) is 0 Å². The van der Waals surface area contributed by atoms with Crippen molar-refractivity contribution < 1.29 is 14.5 Å². The van der Waals surface area contributed by atoms with Gasteiger partial charge >= 0.3 is 0 Å². The van der Waals surface area contributed by atoms with Crippen molar-refractivity contribution in [2.75, 3.05) is 5.32 Å². The van der Waals surface area contributed by atoms with Gasteiger partial charge in [-0.1, -0.05) is 30.7 Å². The van der Waals surface area contributed by atoms with Crippen LogP contribution in [0.2, 0.25) is 0 Å². The Morgan fingerprint density at radius 1 is 1.26 bits per heavy atom. The minimum Gasteiger partial charge on any atom is -0.481 e. The van der Waals surface area contributed by atoms with Crippen molar-refractivity contribution in [3.63, 3.8) is 0 Å². The van der Waals surface area contributed by atoms with E-state index in [0.29, 0.717) is 17.9 Å². The van der Waals surface area contributed by atoms with Crippen LogP contribution in [0.1, 0.15) is 18.9 Å². The highest BCUT2D eigenvalue weighted by Crippen LogP contribution is 2.19. The number of carbonyl (C=O) groups excluding carboxylic acids is 1. The van der Waals surface area contributed by atoms with Crippen LogP contribution in [0.25, 0.3) is 0 Å². The molecule has 120 valence electrons. The summed E-state index contributed by atoms with van der Waals surface area (Å²) in [5.41, 5.74) is 1.40. The van der Waals surface area contributed by atoms with Gasteiger partial charge in [0, 0.05) is 17.8 Å². The number of nitrogens with one attached hydrogen (secondary N) is 1. The predicted octanol–water partition coefficient (Wildman–Crippen LogP) is 3.70. The highest BCUT2D eigenvalue weighted by molar-refractivity contribution is 5.94. The molecule has 0 saturated heterocycles. The zero-order chi connectivity index (χ0) is 16.8. The van der Waals surface area contributed by atoms with Gasteiger partial charge in [0.1, 0.15) is 5.75 Å². The number of nitro groups is 1. The van der Waals surface area contributed by atoms with Crippen molar-refractivity contribution in [1.82, 2.24) is 0 Å². The quantitative estimate of drug-likeness (QED) is 0.651. The lowest BCUT2D eigenvalue weighted by atomic mass is 10.2. The first kappa shape index (κ1) is 16.5. The smallest absolute Gasteiger partial charge is 0.271 e. The molecule has 0 aliphatic carbocycles. The minimum absolute atomic E-state index is 0.0738. The lowest BCUT2D eigenvalue weighted by molar-refractivity contribution is -0.384. The van der Waals surface area contributed by atoms with Crippen molar-refractivity contribution in [3.05, 3.63) is 64.2 Å². The van der Waals surface area contributed by atoms with E-state index in [1.165, 1.54) is 18.2 Å². The number of nitro benzene ring substituents is 1. The van der Waals surface area contributed by atoms with Crippen LogP contribution in [-0.4, -0.2) is 16.9 Å². The standard InChI is InChI=1S/C17H18N2O4/c1-3-16(23-15-9-7-12(2)8-10-15)17(20)18-13-5-4-6-14(11-13)19(21)22/h4-11,16H,3H2,1-2H3,(H,18,20). The average molecular weight is 314 g/mol. The molecule has 6 nitrogen and oxygen atoms in total. The SMILES string of the molecule is CCC(Oc1ccc(C)cc1)C(=O)Nc1cccc([N+](=O)[O-])c1. The third-order valence-corrected chi connectivity index (χ3v) is 3.29. The van der Waals surface area contributed by atoms with E-state index in [-0.39, 0.29) is 11.6 Å². The largest absolute Gasteiger partial charge is 0.481 e. The van der Waals surface area contributed by atoms with Crippen molar-refractivity contribution >= 4 is 17.3 Å². The van der Waals surface area contributed by atoms with Crippen LogP contribution in [0, 0.1) is 17.0 Å². The number of benzene rings is 2. The third-order valence-electron chi connectivity index (χ3n) is 3.29. The first-order valence-corrected chi connectivity index (χ1v) is 7.28. The summed E-state index contributed by atoms with van der Waals surface area (Å²) in [6, 6.07) is 13.2. The lowest BCUT2D eigenvalue weighted by Crippen LogP contribution is -2.32. The molecule has 6 heteroatoms. The fourth-order valence-corrected chi connectivity index (χ4v) is 2.02. The van der Waals surface area contributed by atoms with Gasteiger partial charge in [-0.2, -0.15) is 0 Å². The molecule has 0 fully saturated rings. The Bertz CT molecular complexity index is 698. The lowest BCUT2D eigenvalue weighted by Gasteiger charge is -2.17. The molecular weight excluding hydrogens is 296 g/mol. The molecule has 0 bridgehead atoms. The van der Waals surface area contributed by atoms with Crippen LogP contribution in [0.4, 0.5) is 11.4 Å². The van der Waals surface area contributed by atoms with Crippen molar-refractivity contribution in [1.29, 1.82) is 0 Å². The van der Waals surface area contributed by atoms with Gasteiger partial charge < -0.3 is 10.1 Å². The highest BCUT2D eigenvalue weighted by atomic mass is 16.6. The number of carbonyl (C=O) groups is 1. The Hall–Kier alpha value is -2.89. The topological polar surface area (TPSA) is 81.5 Å². The Kier molecular flexibility index (Phi) is 5.30. The molecule has 1 atom stereocenters. The molecule has 0 aliphatic heterocycles. The van der Waals surface area contributed by atoms with Crippen LogP contribution >= 0.6 is 0 Å². The zero-order valence-electron chi connectivity index (χ0n) is 13.0. The number of amides is 1. The summed E-state index contributed by atoms with van der Waals surface area (Å²) >= 11 is 0. The maximum absolute atomic E-state index is 12.3. The average Bonchev–Trinajstić information content (AvgIpc) is 2.54. The number of ether oxygens (including phenoxy) is 1. The second-order valence-corrected chi connectivity index (χ2v) is 5.12. The summed E-state index contributed by atoms with van der Waals surface area (Å²) in [6.07, 6.45) is -0.189. The Morgan fingerprint density at radius 3 is 2.57 bits per heavy atom. The van der Waals surface area contributed by atoms with Gasteiger partial charge in [0.15, 0.2) is 6.10 Å². The first-order valence-electron chi connectivity index (χ1n) is 7.28. The second-order valence-electron chi connectivity index (χ2n) is 5.12. The number of nitrogens with zero attached hydrogens (tertiary/aromatic N) is 1. The van der Waals surface area contributed by atoms with Crippen LogP contribution < -0.4 is 10.1 Å². The fraction of sp³-hybridized carbons (Fsp3) is 0.235. The minimum atomic E-state index is -0.669. The molecule has 0 aliphatic rings. The number of anilines is 1. The molecule has 2 aromatic carbocycles. The van der Waals surface area contributed by atoms with Crippen LogP contribution in [0.3, 0.4) is 0 Å². The van der Waals surface area contributed by atoms with Gasteiger partial charge in [-0.3, -0.25) is 14.9 Å². The first-order chi connectivity index (χ1) is 11.0. The molecule has 23 heavy (non-hydrogen) atoms. The predicted molar refractivity (Wildman–Crippen MR) is 87.6 cm³/mol. The van der Waals surface area contributed by atoms with Crippen LogP contribution in [0.15, 0.2) is 48.5 Å². The van der Waals surface area contributed by atoms with Crippen LogP contribution in [0.5, 0.6) is 5.75 Å². The van der Waals surface area contributed by atoms with Gasteiger partial charge in [-0.25, -0.2) is 0 Å². The third kappa shape index (κ3) is 4.54. The normalized spacial score (nSPS) is 11.6. The Balaban J connectivity index is 2.06. The van der Waals surface area contributed by atoms with Gasteiger partial charge in [0.05, 0.1) is 4.92 Å². The Morgan fingerprint density at radius 2 is 1.96 bits per heavy atom. The molecule has 2 rings (SSSR count). The molecule has 2 aromatic rings. The summed E-state index contributed by atoms with van der Waals surface area (Å²) in [4.78, 5) is 22.6. The highest BCUT2D eigenvalue weighted by Gasteiger charge is 2.19. The van der Waals surface area contributed by atoms with E-state index in [2.05, 4.69) is 5.32 Å². The van der Waals surface area contributed by atoms with Crippen LogP contribution in [-0.2, 0) is 4.79 Å². The summed E-state index contributed by atoms with van der Waals surface area (Å²) < 4.78 is 5.68. The zero-order valence-corrected chi connectivity index (χ0v) is 13.0. The van der Waals surface area contributed by atoms with Gasteiger partial charge in [-0.15, -0.1) is 0 Å². The second kappa shape index (κ2) is 7.40. The van der Waals surface area contributed by atoms with Crippen molar-refractivity contribution in [3.8, 4) is 5.75 Å². The van der Waals surface area contributed by atoms with Crippen molar-refractivity contribution in [2.45, 2.75) is 26.4 Å². The Labute approximate surface area is 134 Å². The fourth-order valence-electron chi connectivity index (χ4n) is 2.02. The maximum atomic E-state index is 12.3. The van der Waals surface area contributed by atoms with E-state index in [1.807, 2.05) is 26.0 Å². The molecule has 0 saturated carbocycles. The summed E-state index contributed by atoms with van der Waals surface area (Å²) in [7, 11) is 0.